The molecule has 5 heteroatoms. The lowest BCUT2D eigenvalue weighted by Crippen LogP contribution is -1.98. The maximum absolute atomic E-state index is 13.2. The third kappa shape index (κ3) is 3.83. The van der Waals surface area contributed by atoms with E-state index in [-0.39, 0.29) is 5.82 Å². The molecule has 0 bridgehead atoms. The number of nitrogens with one attached hydrogen (secondary N) is 1. The molecular weight excluding hydrogens is 319 g/mol. The second-order valence-electron chi connectivity index (χ2n) is 5.32. The largest absolute Gasteiger partial charge is 0.463 e. The molecule has 2 aromatic heterocycles. The van der Waals surface area contributed by atoms with Crippen LogP contribution in [0.5, 0.6) is 0 Å². The molecule has 4 nitrogen and oxygen atoms in total. The van der Waals surface area contributed by atoms with E-state index in [0.717, 1.165) is 27.9 Å². The van der Waals surface area contributed by atoms with Gasteiger partial charge in [0.1, 0.15) is 5.82 Å². The third-order valence-corrected chi connectivity index (χ3v) is 3.70. The number of rotatable bonds is 5. The number of carbonyl (C=O) groups excluding carboxylic acids is 1. The quantitative estimate of drug-likeness (QED) is 0.553. The van der Waals surface area contributed by atoms with Gasteiger partial charge in [0.2, 0.25) is 0 Å². The van der Waals surface area contributed by atoms with Crippen molar-refractivity contribution < 1.29 is 13.9 Å². The first-order chi connectivity index (χ1) is 12.2. The van der Waals surface area contributed by atoms with Crippen molar-refractivity contribution in [1.82, 2.24) is 9.97 Å². The minimum absolute atomic E-state index is 0.289. The maximum Gasteiger partial charge on any atom is 0.330 e. The van der Waals surface area contributed by atoms with Crippen molar-refractivity contribution in [2.75, 3.05) is 6.61 Å². The predicted molar refractivity (Wildman–Crippen MR) is 95.1 cm³/mol. The maximum atomic E-state index is 13.2. The van der Waals surface area contributed by atoms with Gasteiger partial charge in [0.05, 0.1) is 12.3 Å². The van der Waals surface area contributed by atoms with Gasteiger partial charge in [-0.1, -0.05) is 0 Å². The van der Waals surface area contributed by atoms with Crippen LogP contribution in [0, 0.1) is 5.82 Å². The fraction of sp³-hybridized carbons (Fsp3) is 0.100. The van der Waals surface area contributed by atoms with E-state index in [2.05, 4.69) is 9.97 Å². The van der Waals surface area contributed by atoms with Gasteiger partial charge in [0.15, 0.2) is 0 Å². The van der Waals surface area contributed by atoms with Crippen molar-refractivity contribution in [3.8, 4) is 22.4 Å². The monoisotopic (exact) mass is 336 g/mol. The Morgan fingerprint density at radius 3 is 2.56 bits per heavy atom. The molecule has 0 saturated heterocycles. The number of esters is 1. The summed E-state index contributed by atoms with van der Waals surface area (Å²) < 4.78 is 18.2. The van der Waals surface area contributed by atoms with Gasteiger partial charge in [-0.15, -0.1) is 0 Å². The lowest BCUT2D eigenvalue weighted by Gasteiger charge is -2.06. The second-order valence-corrected chi connectivity index (χ2v) is 5.32. The molecular formula is C20H17FN2O2. The van der Waals surface area contributed by atoms with Crippen molar-refractivity contribution in [2.45, 2.75) is 6.92 Å². The molecule has 3 aromatic rings. The van der Waals surface area contributed by atoms with E-state index < -0.39 is 5.97 Å². The zero-order valence-electron chi connectivity index (χ0n) is 13.7. The number of carbonyl (C=O) groups is 1. The highest BCUT2D eigenvalue weighted by Crippen LogP contribution is 2.35. The Labute approximate surface area is 145 Å². The SMILES string of the molecule is CCOC(=O)C=Cc1c[nH]c(-c2ccc(F)cc2)c1-c1ccncc1. The third-order valence-electron chi connectivity index (χ3n) is 3.70. The summed E-state index contributed by atoms with van der Waals surface area (Å²) in [5, 5.41) is 0. The number of H-pyrrole nitrogens is 1. The first kappa shape index (κ1) is 16.6. The molecule has 126 valence electrons. The van der Waals surface area contributed by atoms with Crippen molar-refractivity contribution in [1.29, 1.82) is 0 Å². The molecule has 0 atom stereocenters. The van der Waals surface area contributed by atoms with Gasteiger partial charge >= 0.3 is 5.97 Å². The zero-order chi connectivity index (χ0) is 17.6. The Hall–Kier alpha value is -3.21. The van der Waals surface area contributed by atoms with Crippen molar-refractivity contribution >= 4 is 12.0 Å². The van der Waals surface area contributed by atoms with Crippen LogP contribution >= 0.6 is 0 Å². The predicted octanol–water partition coefficient (Wildman–Crippen LogP) is 4.46. The van der Waals surface area contributed by atoms with Gasteiger partial charge in [0.25, 0.3) is 0 Å². The Kier molecular flexibility index (Phi) is 5.04. The first-order valence-electron chi connectivity index (χ1n) is 7.91. The molecule has 0 aliphatic heterocycles. The standard InChI is InChI=1S/C20H17FN2O2/c1-2-25-18(24)8-5-16-13-23-20(15-3-6-17(21)7-4-15)19(16)14-9-11-22-12-10-14/h3-13,23H,2H2,1H3. The number of hydrogen-bond acceptors (Lipinski definition) is 3. The lowest BCUT2D eigenvalue weighted by atomic mass is 9.98. The van der Waals surface area contributed by atoms with Gasteiger partial charge in [-0.3, -0.25) is 4.98 Å². The number of nitrogens with zero attached hydrogens (tertiary/aromatic N) is 1. The van der Waals surface area contributed by atoms with Gasteiger partial charge in [-0.05, 0) is 60.5 Å². The summed E-state index contributed by atoms with van der Waals surface area (Å²) in [5.74, 6) is -0.684. The minimum atomic E-state index is -0.396. The van der Waals surface area contributed by atoms with Crippen molar-refractivity contribution in [3.05, 3.63) is 72.4 Å². The topological polar surface area (TPSA) is 55.0 Å². The zero-order valence-corrected chi connectivity index (χ0v) is 13.7. The number of halogens is 1. The van der Waals surface area contributed by atoms with Gasteiger partial charge in [0, 0.05) is 35.8 Å². The summed E-state index contributed by atoms with van der Waals surface area (Å²) in [6.45, 7) is 2.09. The Morgan fingerprint density at radius 1 is 1.16 bits per heavy atom. The van der Waals surface area contributed by atoms with E-state index >= 15 is 0 Å². The van der Waals surface area contributed by atoms with E-state index in [4.69, 9.17) is 4.74 Å². The van der Waals surface area contributed by atoms with Crippen LogP contribution < -0.4 is 0 Å². The smallest absolute Gasteiger partial charge is 0.330 e. The van der Waals surface area contributed by atoms with Crippen LogP contribution in [-0.4, -0.2) is 22.5 Å². The number of hydrogen-bond donors (Lipinski definition) is 1. The van der Waals surface area contributed by atoms with Crippen LogP contribution in [-0.2, 0) is 9.53 Å². The lowest BCUT2D eigenvalue weighted by molar-refractivity contribution is -0.137. The molecule has 25 heavy (non-hydrogen) atoms. The van der Waals surface area contributed by atoms with E-state index in [1.54, 1.807) is 37.5 Å². The molecule has 0 fully saturated rings. The molecule has 1 aromatic carbocycles. The van der Waals surface area contributed by atoms with Gasteiger partial charge in [-0.25, -0.2) is 9.18 Å². The number of pyridine rings is 1. The number of aromatic nitrogens is 2. The van der Waals surface area contributed by atoms with Crippen LogP contribution in [0.2, 0.25) is 0 Å². The molecule has 0 radical (unpaired) electrons. The highest BCUT2D eigenvalue weighted by molar-refractivity contribution is 5.93. The van der Waals surface area contributed by atoms with Crippen LogP contribution in [0.25, 0.3) is 28.5 Å². The average Bonchev–Trinajstić information content (AvgIpc) is 3.05. The normalized spacial score (nSPS) is 11.0. The fourth-order valence-corrected chi connectivity index (χ4v) is 2.59. The fourth-order valence-electron chi connectivity index (χ4n) is 2.59. The molecule has 0 aliphatic rings. The summed E-state index contributed by atoms with van der Waals surface area (Å²) in [5.41, 5.74) is 4.38. The number of ether oxygens (including phenoxy) is 1. The summed E-state index contributed by atoms with van der Waals surface area (Å²) in [7, 11) is 0. The number of aromatic amines is 1. The van der Waals surface area contributed by atoms with Crippen molar-refractivity contribution in [3.63, 3.8) is 0 Å². The summed E-state index contributed by atoms with van der Waals surface area (Å²) in [6, 6.07) is 10.0. The molecule has 0 aliphatic carbocycles. The second kappa shape index (κ2) is 7.57. The summed E-state index contributed by atoms with van der Waals surface area (Å²) >= 11 is 0. The summed E-state index contributed by atoms with van der Waals surface area (Å²) in [4.78, 5) is 18.9. The van der Waals surface area contributed by atoms with Crippen LogP contribution in [0.4, 0.5) is 4.39 Å². The van der Waals surface area contributed by atoms with E-state index in [1.807, 2.05) is 18.3 Å². The Bertz CT molecular complexity index is 884. The number of benzene rings is 1. The summed E-state index contributed by atoms with van der Waals surface area (Å²) in [6.07, 6.45) is 8.32. The van der Waals surface area contributed by atoms with Gasteiger partial charge in [-0.2, -0.15) is 0 Å². The average molecular weight is 336 g/mol. The van der Waals surface area contributed by atoms with Crippen LogP contribution in [0.3, 0.4) is 0 Å². The van der Waals surface area contributed by atoms with Gasteiger partial charge < -0.3 is 9.72 Å². The molecule has 0 spiro atoms. The molecule has 2 heterocycles. The van der Waals surface area contributed by atoms with Crippen LogP contribution in [0.1, 0.15) is 12.5 Å². The van der Waals surface area contributed by atoms with E-state index in [9.17, 15) is 9.18 Å². The Morgan fingerprint density at radius 2 is 1.88 bits per heavy atom. The van der Waals surface area contributed by atoms with Crippen molar-refractivity contribution in [2.24, 2.45) is 0 Å². The molecule has 3 rings (SSSR count). The Balaban J connectivity index is 2.07. The molecule has 0 amide bonds. The first-order valence-corrected chi connectivity index (χ1v) is 7.91. The highest BCUT2D eigenvalue weighted by Gasteiger charge is 2.14. The molecule has 1 N–H and O–H groups in total. The van der Waals surface area contributed by atoms with E-state index in [1.165, 1.54) is 18.2 Å². The minimum Gasteiger partial charge on any atom is -0.463 e. The van der Waals surface area contributed by atoms with Crippen LogP contribution in [0.15, 0.2) is 61.1 Å². The molecule has 0 unspecified atom stereocenters. The molecule has 0 saturated carbocycles. The van der Waals surface area contributed by atoms with E-state index in [0.29, 0.717) is 6.61 Å². The highest BCUT2D eigenvalue weighted by atomic mass is 19.1.